The van der Waals surface area contributed by atoms with Crippen LogP contribution in [0.1, 0.15) is 30.3 Å². The largest absolute Gasteiger partial charge is 0.491 e. The van der Waals surface area contributed by atoms with E-state index in [1.807, 2.05) is 59.4 Å². The van der Waals surface area contributed by atoms with E-state index >= 15 is 0 Å². The molecule has 1 aliphatic rings. The first kappa shape index (κ1) is 26.1. The minimum atomic E-state index is -0.733. The standard InChI is InChI=1S/C28H33FN2O4S/c1-20(2)30(16-22(32)18-34-23-6-4-3-5-7-23)17-28(33)31-14-12-27-25(13-15-36-27)26(31)19-35-24-10-8-21(29)9-11-24/h3-11,13,15,20,22,26,32H,12,14,16-19H2,1-2H3/t22-,26+/m0/s1. The Kier molecular flexibility index (Phi) is 8.96. The first-order valence-corrected chi connectivity index (χ1v) is 13.1. The number of fused-ring (bicyclic) bond motifs is 1. The van der Waals surface area contributed by atoms with Gasteiger partial charge in [0, 0.05) is 24.0 Å². The number of amides is 1. The zero-order valence-corrected chi connectivity index (χ0v) is 21.5. The molecule has 6 nitrogen and oxygen atoms in total. The number of carbonyl (C=O) groups excluding carboxylic acids is 1. The van der Waals surface area contributed by atoms with Crippen molar-refractivity contribution in [3.8, 4) is 11.5 Å². The molecule has 2 aromatic carbocycles. The SMILES string of the molecule is CC(C)N(CC(=O)N1CCc2sccc2[C@H]1COc1ccc(F)cc1)C[C@H](O)COc1ccccc1. The molecule has 0 spiro atoms. The third-order valence-corrected chi connectivity index (χ3v) is 7.33. The smallest absolute Gasteiger partial charge is 0.237 e. The fourth-order valence-corrected chi connectivity index (χ4v) is 5.26. The molecular formula is C28H33FN2O4S. The van der Waals surface area contributed by atoms with Gasteiger partial charge >= 0.3 is 0 Å². The zero-order valence-electron chi connectivity index (χ0n) is 20.7. The molecule has 0 unspecified atom stereocenters. The Morgan fingerprint density at radius 1 is 1.11 bits per heavy atom. The van der Waals surface area contributed by atoms with E-state index in [2.05, 4.69) is 6.07 Å². The molecule has 0 aliphatic carbocycles. The normalized spacial score (nSPS) is 16.2. The van der Waals surface area contributed by atoms with Crippen molar-refractivity contribution in [2.45, 2.75) is 38.5 Å². The molecule has 0 bridgehead atoms. The van der Waals surface area contributed by atoms with Gasteiger partial charge < -0.3 is 19.5 Å². The van der Waals surface area contributed by atoms with E-state index in [1.165, 1.54) is 17.0 Å². The third-order valence-electron chi connectivity index (χ3n) is 6.34. The number of ether oxygens (including phenoxy) is 2. The van der Waals surface area contributed by atoms with E-state index in [1.54, 1.807) is 23.5 Å². The van der Waals surface area contributed by atoms with Crippen molar-refractivity contribution >= 4 is 17.2 Å². The molecule has 3 aromatic rings. The molecule has 1 aromatic heterocycles. The fourth-order valence-electron chi connectivity index (χ4n) is 4.34. The van der Waals surface area contributed by atoms with Crippen LogP contribution in [0.5, 0.6) is 11.5 Å². The predicted molar refractivity (Wildman–Crippen MR) is 139 cm³/mol. The van der Waals surface area contributed by atoms with Crippen LogP contribution >= 0.6 is 11.3 Å². The number of thiophene rings is 1. The van der Waals surface area contributed by atoms with Crippen LogP contribution in [0.15, 0.2) is 66.0 Å². The Balaban J connectivity index is 1.39. The van der Waals surface area contributed by atoms with Gasteiger partial charge in [0.1, 0.15) is 36.6 Å². The molecule has 2 atom stereocenters. The lowest BCUT2D eigenvalue weighted by molar-refractivity contribution is -0.137. The van der Waals surface area contributed by atoms with Crippen LogP contribution < -0.4 is 9.47 Å². The Hall–Kier alpha value is -2.94. The molecule has 36 heavy (non-hydrogen) atoms. The van der Waals surface area contributed by atoms with Gasteiger partial charge in [0.25, 0.3) is 0 Å². The van der Waals surface area contributed by atoms with Gasteiger partial charge in [-0.25, -0.2) is 4.39 Å². The van der Waals surface area contributed by atoms with Crippen molar-refractivity contribution in [2.24, 2.45) is 0 Å². The summed E-state index contributed by atoms with van der Waals surface area (Å²) in [5.41, 5.74) is 1.11. The van der Waals surface area contributed by atoms with Crippen molar-refractivity contribution in [3.63, 3.8) is 0 Å². The lowest BCUT2D eigenvalue weighted by atomic mass is 10.00. The molecular weight excluding hydrogens is 479 g/mol. The van der Waals surface area contributed by atoms with Crippen LogP contribution in [0.2, 0.25) is 0 Å². The molecule has 8 heteroatoms. The second-order valence-corrected chi connectivity index (χ2v) is 10.2. The van der Waals surface area contributed by atoms with E-state index in [-0.39, 0.29) is 43.6 Å². The monoisotopic (exact) mass is 512 g/mol. The number of nitrogens with zero attached hydrogens (tertiary/aromatic N) is 2. The lowest BCUT2D eigenvalue weighted by Crippen LogP contribution is -2.49. The summed E-state index contributed by atoms with van der Waals surface area (Å²) < 4.78 is 24.9. The summed E-state index contributed by atoms with van der Waals surface area (Å²) in [4.78, 5) is 18.7. The minimum absolute atomic E-state index is 0.00978. The summed E-state index contributed by atoms with van der Waals surface area (Å²) in [5.74, 6) is 0.940. The van der Waals surface area contributed by atoms with Gasteiger partial charge in [-0.1, -0.05) is 18.2 Å². The van der Waals surface area contributed by atoms with Crippen molar-refractivity contribution < 1.29 is 23.8 Å². The fraction of sp³-hybridized carbons (Fsp3) is 0.393. The number of halogens is 1. The van der Waals surface area contributed by atoms with Gasteiger partial charge in [-0.05, 0) is 73.7 Å². The highest BCUT2D eigenvalue weighted by atomic mass is 32.1. The molecule has 0 fully saturated rings. The Morgan fingerprint density at radius 2 is 1.83 bits per heavy atom. The average molecular weight is 513 g/mol. The van der Waals surface area contributed by atoms with Gasteiger partial charge in [-0.3, -0.25) is 9.69 Å². The minimum Gasteiger partial charge on any atom is -0.491 e. The maximum atomic E-state index is 13.5. The third kappa shape index (κ3) is 6.84. The number of benzene rings is 2. The topological polar surface area (TPSA) is 62.2 Å². The number of carbonyl (C=O) groups is 1. The van der Waals surface area contributed by atoms with Crippen LogP contribution in [0.3, 0.4) is 0 Å². The number of para-hydroxylation sites is 1. The van der Waals surface area contributed by atoms with Crippen molar-refractivity contribution in [3.05, 3.63) is 82.3 Å². The summed E-state index contributed by atoms with van der Waals surface area (Å²) in [6.07, 6.45) is 0.0731. The molecule has 0 saturated carbocycles. The molecule has 0 radical (unpaired) electrons. The maximum Gasteiger partial charge on any atom is 0.237 e. The number of hydrogen-bond acceptors (Lipinski definition) is 6. The van der Waals surface area contributed by atoms with Crippen LogP contribution in [0, 0.1) is 5.82 Å². The number of hydrogen-bond donors (Lipinski definition) is 1. The van der Waals surface area contributed by atoms with Crippen LogP contribution in [-0.2, 0) is 11.2 Å². The average Bonchev–Trinajstić information content (AvgIpc) is 3.36. The summed E-state index contributed by atoms with van der Waals surface area (Å²) in [7, 11) is 0. The number of aliphatic hydroxyl groups excluding tert-OH is 1. The molecule has 4 rings (SSSR count). The highest BCUT2D eigenvalue weighted by molar-refractivity contribution is 7.10. The molecule has 1 aliphatic heterocycles. The first-order valence-electron chi connectivity index (χ1n) is 12.2. The zero-order chi connectivity index (χ0) is 25.5. The highest BCUT2D eigenvalue weighted by Crippen LogP contribution is 2.34. The van der Waals surface area contributed by atoms with Crippen LogP contribution in [0.4, 0.5) is 4.39 Å². The highest BCUT2D eigenvalue weighted by Gasteiger charge is 2.33. The van der Waals surface area contributed by atoms with Crippen molar-refractivity contribution in [1.29, 1.82) is 0 Å². The summed E-state index contributed by atoms with van der Waals surface area (Å²) >= 11 is 1.70. The second-order valence-electron chi connectivity index (χ2n) is 9.22. The van der Waals surface area contributed by atoms with Crippen molar-refractivity contribution in [1.82, 2.24) is 9.80 Å². The molecule has 1 N–H and O–H groups in total. The molecule has 192 valence electrons. The van der Waals surface area contributed by atoms with E-state index in [0.29, 0.717) is 24.6 Å². The Bertz CT molecular complexity index is 1110. The van der Waals surface area contributed by atoms with Gasteiger partial charge in [-0.2, -0.15) is 0 Å². The van der Waals surface area contributed by atoms with Gasteiger partial charge in [0.15, 0.2) is 0 Å². The number of aliphatic hydroxyl groups is 1. The molecule has 2 heterocycles. The summed E-state index contributed by atoms with van der Waals surface area (Å²) in [5, 5.41) is 12.6. The van der Waals surface area contributed by atoms with Crippen LogP contribution in [0.25, 0.3) is 0 Å². The maximum absolute atomic E-state index is 13.5. The van der Waals surface area contributed by atoms with E-state index in [9.17, 15) is 14.3 Å². The summed E-state index contributed by atoms with van der Waals surface area (Å²) in [6.45, 7) is 5.58. The van der Waals surface area contributed by atoms with Gasteiger partial charge in [0.05, 0.1) is 12.6 Å². The van der Waals surface area contributed by atoms with E-state index in [0.717, 1.165) is 12.0 Å². The quantitative estimate of drug-likeness (QED) is 0.409. The van der Waals surface area contributed by atoms with E-state index in [4.69, 9.17) is 9.47 Å². The Morgan fingerprint density at radius 3 is 2.56 bits per heavy atom. The molecule has 0 saturated heterocycles. The van der Waals surface area contributed by atoms with Gasteiger partial charge in [-0.15, -0.1) is 11.3 Å². The first-order chi connectivity index (χ1) is 17.4. The Labute approximate surface area is 215 Å². The summed E-state index contributed by atoms with van der Waals surface area (Å²) in [6, 6.07) is 17.2. The number of rotatable bonds is 11. The van der Waals surface area contributed by atoms with Gasteiger partial charge in [0.2, 0.25) is 5.91 Å². The second kappa shape index (κ2) is 12.3. The van der Waals surface area contributed by atoms with E-state index < -0.39 is 6.10 Å². The van der Waals surface area contributed by atoms with Crippen LogP contribution in [-0.4, -0.2) is 65.8 Å². The van der Waals surface area contributed by atoms with Crippen molar-refractivity contribution in [2.75, 3.05) is 32.8 Å². The predicted octanol–water partition coefficient (Wildman–Crippen LogP) is 4.54. The molecule has 1 amide bonds. The lowest BCUT2D eigenvalue weighted by Gasteiger charge is -2.38.